The van der Waals surface area contributed by atoms with Crippen LogP contribution in [0.25, 0.3) is 0 Å². The van der Waals surface area contributed by atoms with Crippen LogP contribution in [0.3, 0.4) is 0 Å². The van der Waals surface area contributed by atoms with Crippen molar-refractivity contribution in [3.05, 3.63) is 0 Å². The molecule has 0 unspecified atom stereocenters. The molecule has 0 atom stereocenters. The molecule has 1 heterocycles. The minimum Gasteiger partial charge on any atom is -0.376 e. The van der Waals surface area contributed by atoms with E-state index in [1.807, 2.05) is 18.9 Å². The number of hydrogen-bond donors (Lipinski definition) is 1. The van der Waals surface area contributed by atoms with Crippen molar-refractivity contribution in [1.82, 2.24) is 4.90 Å². The third kappa shape index (κ3) is 3.54. The molecule has 2 N–H and O–H groups in total. The second-order valence-electron chi connectivity index (χ2n) is 5.22. The summed E-state index contributed by atoms with van der Waals surface area (Å²) < 4.78 is 5.73. The Kier molecular flexibility index (Phi) is 5.18. The first-order valence-electron chi connectivity index (χ1n) is 6.93. The Bertz CT molecular complexity index is 284. The van der Waals surface area contributed by atoms with Crippen molar-refractivity contribution in [1.29, 1.82) is 0 Å². The lowest BCUT2D eigenvalue weighted by atomic mass is 9.85. The summed E-state index contributed by atoms with van der Waals surface area (Å²) in [6.07, 6.45) is 6.08. The van der Waals surface area contributed by atoms with Gasteiger partial charge in [-0.25, -0.2) is 0 Å². The van der Waals surface area contributed by atoms with Crippen molar-refractivity contribution in [2.24, 2.45) is 10.7 Å². The predicted octanol–water partition coefficient (Wildman–Crippen LogP) is 1.70. The lowest BCUT2D eigenvalue weighted by Gasteiger charge is -2.35. The lowest BCUT2D eigenvalue weighted by Crippen LogP contribution is -2.44. The first-order valence-corrected chi connectivity index (χ1v) is 8.09. The quantitative estimate of drug-likeness (QED) is 0.627. The van der Waals surface area contributed by atoms with Gasteiger partial charge in [0.2, 0.25) is 0 Å². The molecule has 0 bridgehead atoms. The van der Waals surface area contributed by atoms with E-state index in [1.165, 1.54) is 19.3 Å². The van der Waals surface area contributed by atoms with Crippen LogP contribution in [0.4, 0.5) is 0 Å². The average Bonchev–Trinajstić information content (AvgIpc) is 2.47. The van der Waals surface area contributed by atoms with Gasteiger partial charge >= 0.3 is 0 Å². The zero-order chi connectivity index (χ0) is 12.8. The molecule has 1 saturated carbocycles. The van der Waals surface area contributed by atoms with Gasteiger partial charge in [-0.1, -0.05) is 19.3 Å². The van der Waals surface area contributed by atoms with Crippen LogP contribution in [0.15, 0.2) is 4.99 Å². The van der Waals surface area contributed by atoms with Gasteiger partial charge in [0.05, 0.1) is 12.1 Å². The van der Waals surface area contributed by atoms with E-state index in [9.17, 15) is 0 Å². The van der Waals surface area contributed by atoms with Gasteiger partial charge < -0.3 is 15.4 Å². The highest BCUT2D eigenvalue weighted by atomic mass is 32.2. The van der Waals surface area contributed by atoms with Crippen molar-refractivity contribution in [2.45, 2.75) is 37.7 Å². The van der Waals surface area contributed by atoms with Gasteiger partial charge in [0, 0.05) is 31.7 Å². The number of hydrogen-bond acceptors (Lipinski definition) is 3. The van der Waals surface area contributed by atoms with E-state index in [0.717, 1.165) is 44.0 Å². The molecule has 1 aliphatic carbocycles. The highest BCUT2D eigenvalue weighted by Gasteiger charge is 2.31. The van der Waals surface area contributed by atoms with Gasteiger partial charge in [-0.2, -0.15) is 11.8 Å². The minimum absolute atomic E-state index is 0.0482. The number of nitrogens with zero attached hydrogens (tertiary/aromatic N) is 2. The molecule has 2 rings (SSSR count). The molecule has 0 radical (unpaired) electrons. The van der Waals surface area contributed by atoms with E-state index < -0.39 is 0 Å². The van der Waals surface area contributed by atoms with E-state index in [-0.39, 0.29) is 5.60 Å². The minimum atomic E-state index is -0.0482. The number of aliphatic imine (C=N–C) groups is 1. The monoisotopic (exact) mass is 271 g/mol. The molecule has 5 heteroatoms. The van der Waals surface area contributed by atoms with Crippen molar-refractivity contribution < 1.29 is 4.74 Å². The molecule has 104 valence electrons. The fraction of sp³-hybridized carbons (Fsp3) is 0.923. The Labute approximate surface area is 114 Å². The molecule has 0 amide bonds. The van der Waals surface area contributed by atoms with Crippen LogP contribution in [-0.2, 0) is 4.74 Å². The van der Waals surface area contributed by atoms with Crippen LogP contribution in [0.1, 0.15) is 32.1 Å². The maximum Gasteiger partial charge on any atom is 0.191 e. The largest absolute Gasteiger partial charge is 0.376 e. The molecule has 0 aromatic heterocycles. The van der Waals surface area contributed by atoms with Gasteiger partial charge in [0.25, 0.3) is 0 Å². The van der Waals surface area contributed by atoms with Gasteiger partial charge in [-0.05, 0) is 12.8 Å². The third-order valence-corrected chi connectivity index (χ3v) is 5.00. The Morgan fingerprint density at radius 3 is 2.56 bits per heavy atom. The molecule has 2 aliphatic rings. The molecule has 0 aromatic carbocycles. The molecule has 18 heavy (non-hydrogen) atoms. The van der Waals surface area contributed by atoms with Crippen molar-refractivity contribution in [3.8, 4) is 0 Å². The second-order valence-corrected chi connectivity index (χ2v) is 6.45. The first kappa shape index (κ1) is 14.0. The molecule has 4 nitrogen and oxygen atoms in total. The third-order valence-electron chi connectivity index (χ3n) is 4.06. The number of nitrogens with two attached hydrogens (primary N) is 1. The van der Waals surface area contributed by atoms with Crippen LogP contribution < -0.4 is 5.73 Å². The van der Waals surface area contributed by atoms with E-state index in [4.69, 9.17) is 10.5 Å². The van der Waals surface area contributed by atoms with Crippen molar-refractivity contribution >= 4 is 17.7 Å². The van der Waals surface area contributed by atoms with E-state index in [2.05, 4.69) is 9.89 Å². The molecule has 1 aliphatic heterocycles. The Balaban J connectivity index is 1.90. The standard InChI is InChI=1S/C13H25N3OS/c1-17-13(5-3-2-4-6-13)11-15-12(14)16-7-9-18-10-8-16/h2-11H2,1H3,(H2,14,15). The summed E-state index contributed by atoms with van der Waals surface area (Å²) in [4.78, 5) is 6.80. The number of methoxy groups -OCH3 is 1. The maximum atomic E-state index is 6.09. The van der Waals surface area contributed by atoms with Crippen LogP contribution >= 0.6 is 11.8 Å². The lowest BCUT2D eigenvalue weighted by molar-refractivity contribution is -0.0309. The van der Waals surface area contributed by atoms with Gasteiger partial charge in [0.15, 0.2) is 5.96 Å². The molecule has 2 fully saturated rings. The maximum absolute atomic E-state index is 6.09. The van der Waals surface area contributed by atoms with Crippen LogP contribution in [0.5, 0.6) is 0 Å². The number of guanidine groups is 1. The first-order chi connectivity index (χ1) is 8.76. The summed E-state index contributed by atoms with van der Waals surface area (Å²) in [6.45, 7) is 2.78. The van der Waals surface area contributed by atoms with Gasteiger partial charge in [-0.15, -0.1) is 0 Å². The van der Waals surface area contributed by atoms with Crippen LogP contribution in [-0.4, -0.2) is 54.7 Å². The van der Waals surface area contributed by atoms with Crippen LogP contribution in [0, 0.1) is 0 Å². The fourth-order valence-electron chi connectivity index (χ4n) is 2.74. The van der Waals surface area contributed by atoms with Crippen LogP contribution in [0.2, 0.25) is 0 Å². The molecule has 0 spiro atoms. The highest BCUT2D eigenvalue weighted by molar-refractivity contribution is 7.99. The molecular formula is C13H25N3OS. The second kappa shape index (κ2) is 6.66. The summed E-state index contributed by atoms with van der Waals surface area (Å²) in [5.74, 6) is 3.02. The van der Waals surface area contributed by atoms with Gasteiger partial charge in [0.1, 0.15) is 0 Å². The predicted molar refractivity (Wildman–Crippen MR) is 78.2 cm³/mol. The summed E-state index contributed by atoms with van der Waals surface area (Å²) in [5, 5.41) is 0. The molecular weight excluding hydrogens is 246 g/mol. The van der Waals surface area contributed by atoms with E-state index in [0.29, 0.717) is 5.96 Å². The fourth-order valence-corrected chi connectivity index (χ4v) is 3.64. The summed E-state index contributed by atoms with van der Waals surface area (Å²) in [7, 11) is 1.81. The summed E-state index contributed by atoms with van der Waals surface area (Å²) in [6, 6.07) is 0. The topological polar surface area (TPSA) is 50.9 Å². The SMILES string of the molecule is COC1(CN=C(N)N2CCSCC2)CCCCC1. The average molecular weight is 271 g/mol. The summed E-state index contributed by atoms with van der Waals surface area (Å²) >= 11 is 1.99. The number of thioether (sulfide) groups is 1. The number of ether oxygens (including phenoxy) is 1. The Hall–Kier alpha value is -0.420. The Morgan fingerprint density at radius 2 is 1.94 bits per heavy atom. The zero-order valence-corrected chi connectivity index (χ0v) is 12.2. The summed E-state index contributed by atoms with van der Waals surface area (Å²) in [5.41, 5.74) is 6.04. The highest BCUT2D eigenvalue weighted by Crippen LogP contribution is 2.31. The molecule has 0 aromatic rings. The zero-order valence-electron chi connectivity index (χ0n) is 11.4. The Morgan fingerprint density at radius 1 is 1.28 bits per heavy atom. The van der Waals surface area contributed by atoms with Gasteiger partial charge in [-0.3, -0.25) is 4.99 Å². The van der Waals surface area contributed by atoms with Crippen molar-refractivity contribution in [2.75, 3.05) is 38.2 Å². The molecule has 1 saturated heterocycles. The number of rotatable bonds is 3. The normalized spacial score (nSPS) is 25.2. The van der Waals surface area contributed by atoms with E-state index >= 15 is 0 Å². The van der Waals surface area contributed by atoms with Crippen molar-refractivity contribution in [3.63, 3.8) is 0 Å². The van der Waals surface area contributed by atoms with E-state index in [1.54, 1.807) is 0 Å². The smallest absolute Gasteiger partial charge is 0.191 e.